The minimum absolute atomic E-state index is 0.226. The van der Waals surface area contributed by atoms with E-state index in [2.05, 4.69) is 5.32 Å². The van der Waals surface area contributed by atoms with Crippen molar-refractivity contribution >= 4 is 17.5 Å². The molecule has 1 saturated heterocycles. The van der Waals surface area contributed by atoms with Gasteiger partial charge in [0.1, 0.15) is 11.9 Å². The van der Waals surface area contributed by atoms with Crippen molar-refractivity contribution in [3.63, 3.8) is 0 Å². The number of halogens is 1. The highest BCUT2D eigenvalue weighted by Crippen LogP contribution is 2.24. The molecule has 22 heavy (non-hydrogen) atoms. The Morgan fingerprint density at radius 1 is 1.50 bits per heavy atom. The summed E-state index contributed by atoms with van der Waals surface area (Å²) in [4.78, 5) is 25.9. The highest BCUT2D eigenvalue weighted by atomic mass is 19.1. The van der Waals surface area contributed by atoms with Crippen LogP contribution < -0.4 is 10.2 Å². The lowest BCUT2D eigenvalue weighted by Gasteiger charge is -2.33. The number of nitrogens with zero attached hydrogens (tertiary/aromatic N) is 1. The van der Waals surface area contributed by atoms with Crippen LogP contribution in [-0.4, -0.2) is 38.1 Å². The highest BCUT2D eigenvalue weighted by molar-refractivity contribution is 6.00. The molecule has 1 N–H and O–H groups in total. The van der Waals surface area contributed by atoms with Crippen molar-refractivity contribution in [2.75, 3.05) is 25.2 Å². The molecule has 120 valence electrons. The van der Waals surface area contributed by atoms with Gasteiger partial charge in [0.2, 0.25) is 11.8 Å². The average Bonchev–Trinajstić information content (AvgIpc) is 2.50. The number of methoxy groups -OCH3 is 1. The Morgan fingerprint density at radius 3 is 2.91 bits per heavy atom. The van der Waals surface area contributed by atoms with Crippen LogP contribution in [-0.2, 0) is 14.3 Å². The van der Waals surface area contributed by atoms with Crippen molar-refractivity contribution in [3.05, 3.63) is 30.1 Å². The number of rotatable bonds is 5. The summed E-state index contributed by atoms with van der Waals surface area (Å²) in [5, 5.41) is 2.74. The Labute approximate surface area is 129 Å². The molecule has 1 aromatic carbocycles. The van der Waals surface area contributed by atoms with E-state index in [0.717, 1.165) is 0 Å². The van der Waals surface area contributed by atoms with E-state index in [1.807, 2.05) is 0 Å². The predicted molar refractivity (Wildman–Crippen MR) is 81.0 cm³/mol. The average molecular weight is 308 g/mol. The van der Waals surface area contributed by atoms with Crippen molar-refractivity contribution in [1.82, 2.24) is 5.32 Å². The number of piperidine rings is 1. The van der Waals surface area contributed by atoms with Gasteiger partial charge in [0.05, 0.1) is 18.2 Å². The van der Waals surface area contributed by atoms with Crippen LogP contribution >= 0.6 is 0 Å². The van der Waals surface area contributed by atoms with Gasteiger partial charge in [-0.1, -0.05) is 19.1 Å². The van der Waals surface area contributed by atoms with E-state index in [-0.39, 0.29) is 23.4 Å². The first-order valence-corrected chi connectivity index (χ1v) is 7.39. The van der Waals surface area contributed by atoms with Crippen molar-refractivity contribution in [3.8, 4) is 0 Å². The van der Waals surface area contributed by atoms with Gasteiger partial charge in [-0.25, -0.2) is 4.39 Å². The second-order valence-corrected chi connectivity index (χ2v) is 5.50. The van der Waals surface area contributed by atoms with Gasteiger partial charge >= 0.3 is 0 Å². The van der Waals surface area contributed by atoms with E-state index >= 15 is 0 Å². The van der Waals surface area contributed by atoms with Crippen LogP contribution in [0.5, 0.6) is 0 Å². The number of hydrogen-bond acceptors (Lipinski definition) is 3. The summed E-state index contributed by atoms with van der Waals surface area (Å²) >= 11 is 0. The molecule has 0 saturated carbocycles. The van der Waals surface area contributed by atoms with Gasteiger partial charge in [-0.2, -0.15) is 0 Å². The zero-order chi connectivity index (χ0) is 16.1. The molecule has 0 aliphatic carbocycles. The molecule has 1 aromatic rings. The fourth-order valence-corrected chi connectivity index (χ4v) is 2.56. The van der Waals surface area contributed by atoms with E-state index in [0.29, 0.717) is 26.0 Å². The molecule has 6 heteroatoms. The van der Waals surface area contributed by atoms with Crippen LogP contribution in [0, 0.1) is 11.7 Å². The monoisotopic (exact) mass is 308 g/mol. The molecule has 0 spiro atoms. The van der Waals surface area contributed by atoms with E-state index in [9.17, 15) is 14.0 Å². The minimum Gasteiger partial charge on any atom is -0.384 e. The molecular weight excluding hydrogens is 287 g/mol. The van der Waals surface area contributed by atoms with Gasteiger partial charge in [-0.15, -0.1) is 0 Å². The molecule has 5 nitrogen and oxygen atoms in total. The van der Waals surface area contributed by atoms with Crippen LogP contribution in [0.3, 0.4) is 0 Å². The first kappa shape index (κ1) is 16.4. The topological polar surface area (TPSA) is 58.6 Å². The molecule has 2 rings (SSSR count). The molecule has 0 aromatic heterocycles. The number of amides is 2. The first-order chi connectivity index (χ1) is 10.5. The van der Waals surface area contributed by atoms with E-state index in [1.54, 1.807) is 25.1 Å². The summed E-state index contributed by atoms with van der Waals surface area (Å²) in [7, 11) is 1.52. The number of nitrogens with one attached hydrogen (secondary N) is 1. The molecule has 1 fully saturated rings. The van der Waals surface area contributed by atoms with Crippen LogP contribution in [0.25, 0.3) is 0 Å². The predicted octanol–water partition coefficient (Wildman–Crippen LogP) is 1.72. The number of benzene rings is 1. The van der Waals surface area contributed by atoms with Gasteiger partial charge in [0.25, 0.3) is 0 Å². The van der Waals surface area contributed by atoms with Crippen LogP contribution in [0.4, 0.5) is 10.1 Å². The molecular formula is C16H21FN2O3. The number of ether oxygens (including phenoxy) is 1. The second-order valence-electron chi connectivity index (χ2n) is 5.50. The standard InChI is InChI=1S/C16H21FN2O3/c1-11(10-22-2)15(20)18-13-7-5-9-19(16(13)21)14-8-4-3-6-12(14)17/h3-4,6,8,11,13H,5,7,9-10H2,1-2H3,(H,18,20). The number of anilines is 1. The molecule has 1 heterocycles. The van der Waals surface area contributed by atoms with E-state index in [1.165, 1.54) is 18.1 Å². The Bertz CT molecular complexity index is 550. The van der Waals surface area contributed by atoms with Gasteiger partial charge < -0.3 is 15.0 Å². The fourth-order valence-electron chi connectivity index (χ4n) is 2.56. The van der Waals surface area contributed by atoms with E-state index < -0.39 is 11.9 Å². The molecule has 0 bridgehead atoms. The van der Waals surface area contributed by atoms with Crippen LogP contribution in [0.2, 0.25) is 0 Å². The van der Waals surface area contributed by atoms with Gasteiger partial charge in [0, 0.05) is 13.7 Å². The summed E-state index contributed by atoms with van der Waals surface area (Å²) in [6.07, 6.45) is 1.28. The number of hydrogen-bond donors (Lipinski definition) is 1. The normalized spacial score (nSPS) is 19.9. The van der Waals surface area contributed by atoms with Crippen molar-refractivity contribution in [2.45, 2.75) is 25.8 Å². The molecule has 2 atom stereocenters. The maximum Gasteiger partial charge on any atom is 0.249 e. The third-order valence-electron chi connectivity index (χ3n) is 3.76. The summed E-state index contributed by atoms with van der Waals surface area (Å²) in [6, 6.07) is 5.56. The Balaban J connectivity index is 2.07. The zero-order valence-corrected chi connectivity index (χ0v) is 12.8. The molecule has 2 amide bonds. The van der Waals surface area contributed by atoms with Gasteiger partial charge in [0.15, 0.2) is 0 Å². The van der Waals surface area contributed by atoms with E-state index in [4.69, 9.17) is 4.74 Å². The summed E-state index contributed by atoms with van der Waals surface area (Å²) in [6.45, 7) is 2.49. The smallest absolute Gasteiger partial charge is 0.249 e. The summed E-state index contributed by atoms with van der Waals surface area (Å²) in [5.41, 5.74) is 0.261. The zero-order valence-electron chi connectivity index (χ0n) is 12.8. The van der Waals surface area contributed by atoms with Crippen LogP contribution in [0.1, 0.15) is 19.8 Å². The largest absolute Gasteiger partial charge is 0.384 e. The third-order valence-corrected chi connectivity index (χ3v) is 3.76. The molecule has 0 radical (unpaired) electrons. The summed E-state index contributed by atoms with van der Waals surface area (Å²) < 4.78 is 18.8. The lowest BCUT2D eigenvalue weighted by Crippen LogP contribution is -2.53. The Kier molecular flexibility index (Phi) is 5.49. The molecule has 1 aliphatic rings. The number of para-hydroxylation sites is 1. The first-order valence-electron chi connectivity index (χ1n) is 7.39. The number of carbonyl (C=O) groups is 2. The maximum absolute atomic E-state index is 13.9. The Morgan fingerprint density at radius 2 is 2.23 bits per heavy atom. The lowest BCUT2D eigenvalue weighted by molar-refractivity contribution is -0.131. The maximum atomic E-state index is 13.9. The lowest BCUT2D eigenvalue weighted by atomic mass is 10.0. The van der Waals surface area contributed by atoms with Crippen molar-refractivity contribution in [1.29, 1.82) is 0 Å². The quantitative estimate of drug-likeness (QED) is 0.901. The summed E-state index contributed by atoms with van der Waals surface area (Å²) in [5.74, 6) is -1.26. The van der Waals surface area contributed by atoms with Gasteiger partial charge in [-0.05, 0) is 25.0 Å². The third kappa shape index (κ3) is 3.62. The number of carbonyl (C=O) groups excluding carboxylic acids is 2. The molecule has 2 unspecified atom stereocenters. The van der Waals surface area contributed by atoms with Crippen molar-refractivity contribution < 1.29 is 18.7 Å². The Hall–Kier alpha value is -1.95. The van der Waals surface area contributed by atoms with Crippen LogP contribution in [0.15, 0.2) is 24.3 Å². The second kappa shape index (κ2) is 7.35. The van der Waals surface area contributed by atoms with Crippen molar-refractivity contribution in [2.24, 2.45) is 5.92 Å². The minimum atomic E-state index is -0.611. The fraction of sp³-hybridized carbons (Fsp3) is 0.500. The highest BCUT2D eigenvalue weighted by Gasteiger charge is 2.32. The molecule has 1 aliphatic heterocycles. The van der Waals surface area contributed by atoms with Gasteiger partial charge in [-0.3, -0.25) is 9.59 Å². The SMILES string of the molecule is COCC(C)C(=O)NC1CCCN(c2ccccc2F)C1=O.